The van der Waals surface area contributed by atoms with Crippen LogP contribution >= 0.6 is 0 Å². The molecule has 1 atom stereocenters. The molecule has 0 bridgehead atoms. The normalized spacial score (nSPS) is 23.0. The van der Waals surface area contributed by atoms with E-state index in [1.54, 1.807) is 6.42 Å². The van der Waals surface area contributed by atoms with E-state index in [4.69, 9.17) is 0 Å². The minimum Gasteiger partial charge on any atom is -0.171 e. The van der Waals surface area contributed by atoms with Gasteiger partial charge < -0.3 is 0 Å². The van der Waals surface area contributed by atoms with Crippen LogP contribution in [-0.2, 0) is 0 Å². The van der Waals surface area contributed by atoms with Crippen LogP contribution in [0.5, 0.6) is 0 Å². The molecule has 1 aliphatic rings. The van der Waals surface area contributed by atoms with Crippen LogP contribution in [-0.4, -0.2) is 6.18 Å². The summed E-state index contributed by atoms with van der Waals surface area (Å²) in [5.74, 6) is -1.04. The van der Waals surface area contributed by atoms with Crippen LogP contribution in [0, 0.1) is 12.3 Å². The van der Waals surface area contributed by atoms with Gasteiger partial charge in [0.1, 0.15) is 0 Å². The summed E-state index contributed by atoms with van der Waals surface area (Å²) in [7, 11) is 0. The summed E-state index contributed by atoms with van der Waals surface area (Å²) >= 11 is 0. The third-order valence-electron chi connectivity index (χ3n) is 1.63. The van der Waals surface area contributed by atoms with Crippen molar-refractivity contribution in [3.63, 3.8) is 0 Å². The third-order valence-corrected chi connectivity index (χ3v) is 1.63. The molecule has 1 aliphatic carbocycles. The van der Waals surface area contributed by atoms with Gasteiger partial charge in [-0.05, 0) is 25.7 Å². The van der Waals surface area contributed by atoms with Crippen LogP contribution in [0.4, 0.5) is 13.2 Å². The number of rotatable bonds is 0. The summed E-state index contributed by atoms with van der Waals surface area (Å²) < 4.78 is 35.2. The lowest BCUT2D eigenvalue weighted by Crippen LogP contribution is -2.19. The number of hydrogen-bond acceptors (Lipinski definition) is 0. The van der Waals surface area contributed by atoms with Gasteiger partial charge in [0, 0.05) is 0 Å². The number of halogens is 3. The maximum absolute atomic E-state index is 11.7. The van der Waals surface area contributed by atoms with E-state index in [0.717, 1.165) is 0 Å². The molecule has 0 aromatic carbocycles. The van der Waals surface area contributed by atoms with E-state index < -0.39 is 12.1 Å². The largest absolute Gasteiger partial charge is 0.391 e. The first-order valence-electron chi connectivity index (χ1n) is 2.99. The second-order valence-corrected chi connectivity index (χ2v) is 2.34. The van der Waals surface area contributed by atoms with Gasteiger partial charge in [-0.25, -0.2) is 0 Å². The van der Waals surface area contributed by atoms with E-state index in [-0.39, 0.29) is 6.42 Å². The monoisotopic (exact) mass is 137 g/mol. The van der Waals surface area contributed by atoms with Crippen molar-refractivity contribution in [2.75, 3.05) is 0 Å². The van der Waals surface area contributed by atoms with Crippen molar-refractivity contribution in [3.05, 3.63) is 6.42 Å². The number of hydrogen-bond donors (Lipinski definition) is 0. The molecular weight excluding hydrogens is 129 g/mol. The van der Waals surface area contributed by atoms with Crippen LogP contribution in [0.15, 0.2) is 0 Å². The smallest absolute Gasteiger partial charge is 0.171 e. The summed E-state index contributed by atoms with van der Waals surface area (Å²) in [5.41, 5.74) is 0. The fourth-order valence-electron chi connectivity index (χ4n) is 1.05. The van der Waals surface area contributed by atoms with Gasteiger partial charge in [-0.15, -0.1) is 0 Å². The lowest BCUT2D eigenvalue weighted by atomic mass is 10.1. The van der Waals surface area contributed by atoms with Crippen molar-refractivity contribution in [1.82, 2.24) is 0 Å². The lowest BCUT2D eigenvalue weighted by molar-refractivity contribution is -0.171. The molecule has 0 N–H and O–H groups in total. The Hall–Kier alpha value is -0.210. The van der Waals surface area contributed by atoms with E-state index in [1.165, 1.54) is 0 Å². The molecule has 0 amide bonds. The van der Waals surface area contributed by atoms with E-state index in [9.17, 15) is 13.2 Å². The average Bonchev–Trinajstić information content (AvgIpc) is 2.08. The molecule has 0 aromatic heterocycles. The molecule has 1 rings (SSSR count). The van der Waals surface area contributed by atoms with E-state index in [2.05, 4.69) is 0 Å². The molecule has 1 radical (unpaired) electrons. The minimum absolute atomic E-state index is 0.226. The second-order valence-electron chi connectivity index (χ2n) is 2.34. The fourth-order valence-corrected chi connectivity index (χ4v) is 1.05. The molecule has 1 fully saturated rings. The average molecular weight is 137 g/mol. The molecule has 9 heavy (non-hydrogen) atoms. The molecule has 1 saturated carbocycles. The van der Waals surface area contributed by atoms with E-state index in [1.807, 2.05) is 0 Å². The summed E-state index contributed by atoms with van der Waals surface area (Å²) in [4.78, 5) is 0. The highest BCUT2D eigenvalue weighted by atomic mass is 19.4. The van der Waals surface area contributed by atoms with Crippen LogP contribution in [0.1, 0.15) is 19.3 Å². The molecule has 0 nitrogen and oxygen atoms in total. The zero-order valence-corrected chi connectivity index (χ0v) is 4.91. The van der Waals surface area contributed by atoms with Gasteiger partial charge in [0.05, 0.1) is 5.92 Å². The Bertz CT molecular complexity index is 89.0. The molecule has 0 saturated heterocycles. The van der Waals surface area contributed by atoms with Crippen molar-refractivity contribution in [2.45, 2.75) is 25.4 Å². The molecule has 0 spiro atoms. The lowest BCUT2D eigenvalue weighted by Gasteiger charge is -2.12. The van der Waals surface area contributed by atoms with Gasteiger partial charge in [-0.3, -0.25) is 0 Å². The quantitative estimate of drug-likeness (QED) is 0.481. The molecule has 0 aliphatic heterocycles. The molecule has 3 heteroatoms. The molecular formula is C6H8F3. The van der Waals surface area contributed by atoms with Gasteiger partial charge >= 0.3 is 6.18 Å². The third kappa shape index (κ3) is 1.60. The Morgan fingerprint density at radius 1 is 1.33 bits per heavy atom. The fraction of sp³-hybridized carbons (Fsp3) is 0.833. The van der Waals surface area contributed by atoms with Gasteiger partial charge in [-0.1, -0.05) is 0 Å². The molecule has 53 valence electrons. The van der Waals surface area contributed by atoms with E-state index >= 15 is 0 Å². The summed E-state index contributed by atoms with van der Waals surface area (Å²) in [5, 5.41) is 0. The first-order valence-corrected chi connectivity index (χ1v) is 2.99. The maximum atomic E-state index is 11.7. The standard InChI is InChI=1S/C6H8F3/c7-6(8,9)5-3-1-2-4-5/h1,5H,2-4H2. The Kier molecular flexibility index (Phi) is 1.68. The van der Waals surface area contributed by atoms with Crippen LogP contribution in [0.25, 0.3) is 0 Å². The second kappa shape index (κ2) is 2.20. The van der Waals surface area contributed by atoms with Crippen molar-refractivity contribution in [3.8, 4) is 0 Å². The zero-order chi connectivity index (χ0) is 6.91. The maximum Gasteiger partial charge on any atom is 0.391 e. The van der Waals surface area contributed by atoms with Gasteiger partial charge in [0.2, 0.25) is 0 Å². The van der Waals surface area contributed by atoms with Crippen molar-refractivity contribution < 1.29 is 13.2 Å². The molecule has 1 unspecified atom stereocenters. The van der Waals surface area contributed by atoms with Crippen LogP contribution in [0.3, 0.4) is 0 Å². The Labute approximate surface area is 52.1 Å². The van der Waals surface area contributed by atoms with Crippen molar-refractivity contribution in [1.29, 1.82) is 0 Å². The summed E-state index contributed by atoms with van der Waals surface area (Å²) in [6.45, 7) is 0. The summed E-state index contributed by atoms with van der Waals surface area (Å²) in [6.07, 6.45) is -1.09. The van der Waals surface area contributed by atoms with E-state index in [0.29, 0.717) is 12.8 Å². The summed E-state index contributed by atoms with van der Waals surface area (Å²) in [6, 6.07) is 0. The van der Waals surface area contributed by atoms with Crippen LogP contribution < -0.4 is 0 Å². The van der Waals surface area contributed by atoms with Crippen molar-refractivity contribution in [2.24, 2.45) is 5.92 Å². The molecule has 0 aromatic rings. The highest BCUT2D eigenvalue weighted by Gasteiger charge is 2.40. The highest BCUT2D eigenvalue weighted by Crippen LogP contribution is 2.37. The van der Waals surface area contributed by atoms with Gasteiger partial charge in [0.15, 0.2) is 0 Å². The predicted octanol–water partition coefficient (Wildman–Crippen LogP) is 2.55. The minimum atomic E-state index is -3.95. The Balaban J connectivity index is 2.42. The highest BCUT2D eigenvalue weighted by molar-refractivity contribution is 4.84. The predicted molar refractivity (Wildman–Crippen MR) is 27.7 cm³/mol. The van der Waals surface area contributed by atoms with Crippen molar-refractivity contribution >= 4 is 0 Å². The SMILES string of the molecule is FC(F)(F)C1C[CH]CC1. The zero-order valence-electron chi connectivity index (χ0n) is 4.91. The van der Waals surface area contributed by atoms with Gasteiger partial charge in [-0.2, -0.15) is 13.2 Å². The van der Waals surface area contributed by atoms with Gasteiger partial charge in [0.25, 0.3) is 0 Å². The topological polar surface area (TPSA) is 0 Å². The Morgan fingerprint density at radius 2 is 2.00 bits per heavy atom. The number of alkyl halides is 3. The Morgan fingerprint density at radius 3 is 2.22 bits per heavy atom. The molecule has 0 heterocycles. The van der Waals surface area contributed by atoms with Crippen LogP contribution in [0.2, 0.25) is 0 Å². The first kappa shape index (κ1) is 6.90. The first-order chi connectivity index (χ1) is 4.11.